The van der Waals surface area contributed by atoms with Crippen LogP contribution in [0.5, 0.6) is 5.75 Å². The lowest BCUT2D eigenvalue weighted by Crippen LogP contribution is -2.52. The van der Waals surface area contributed by atoms with Crippen LogP contribution in [0.2, 0.25) is 0 Å². The maximum Gasteiger partial charge on any atom is 0.337 e. The largest absolute Gasteiger partial charge is 0.476 e. The molecule has 0 aliphatic carbocycles. The molecule has 2 heterocycles. The molecule has 1 atom stereocenters. The predicted molar refractivity (Wildman–Crippen MR) is 111 cm³/mol. The molecular weight excluding hydrogens is 384 g/mol. The van der Waals surface area contributed by atoms with Gasteiger partial charge in [-0.25, -0.2) is 4.79 Å². The Morgan fingerprint density at radius 2 is 1.60 bits per heavy atom. The third kappa shape index (κ3) is 3.87. The van der Waals surface area contributed by atoms with E-state index in [1.807, 2.05) is 17.0 Å². The normalized spacial score (nSPS) is 18.2. The van der Waals surface area contributed by atoms with E-state index in [9.17, 15) is 14.4 Å². The van der Waals surface area contributed by atoms with Gasteiger partial charge in [-0.05, 0) is 55.7 Å². The standard InChI is InChI=1S/C23H24N2O5/c1-29-23(28)17-11-9-16(10-12-17)21(26)25-15-20(22(27)24-13-5-2-6-14-24)30-19-8-4-3-7-18(19)25/h3-4,7-12,20H,2,5-6,13-15H2,1H3/t20-/m0/s1. The average molecular weight is 408 g/mol. The van der Waals surface area contributed by atoms with Gasteiger partial charge in [0.1, 0.15) is 5.75 Å². The summed E-state index contributed by atoms with van der Waals surface area (Å²) in [5.74, 6) is -0.279. The number of carbonyl (C=O) groups excluding carboxylic acids is 3. The molecule has 0 unspecified atom stereocenters. The average Bonchev–Trinajstić information content (AvgIpc) is 2.82. The summed E-state index contributed by atoms with van der Waals surface area (Å²) in [7, 11) is 1.31. The predicted octanol–water partition coefficient (Wildman–Crippen LogP) is 2.89. The zero-order valence-electron chi connectivity index (χ0n) is 16.9. The molecule has 2 aromatic carbocycles. The van der Waals surface area contributed by atoms with Crippen LogP contribution in [0.4, 0.5) is 5.69 Å². The number of anilines is 1. The summed E-state index contributed by atoms with van der Waals surface area (Å²) in [5, 5.41) is 0. The van der Waals surface area contributed by atoms with Crippen molar-refractivity contribution < 1.29 is 23.9 Å². The van der Waals surface area contributed by atoms with Crippen molar-refractivity contribution in [3.63, 3.8) is 0 Å². The van der Waals surface area contributed by atoms with Crippen LogP contribution in [0, 0.1) is 0 Å². The quantitative estimate of drug-likeness (QED) is 0.730. The number of piperidine rings is 1. The van der Waals surface area contributed by atoms with E-state index >= 15 is 0 Å². The first-order valence-corrected chi connectivity index (χ1v) is 10.1. The first-order valence-electron chi connectivity index (χ1n) is 10.1. The van der Waals surface area contributed by atoms with Crippen molar-refractivity contribution in [3.8, 4) is 5.75 Å². The van der Waals surface area contributed by atoms with Gasteiger partial charge < -0.3 is 19.3 Å². The number of para-hydroxylation sites is 2. The maximum absolute atomic E-state index is 13.3. The SMILES string of the molecule is COC(=O)c1ccc(C(=O)N2C[C@@H](C(=O)N3CCCCC3)Oc3ccccc32)cc1. The van der Waals surface area contributed by atoms with E-state index in [0.717, 1.165) is 32.4 Å². The molecule has 7 nitrogen and oxygen atoms in total. The van der Waals surface area contributed by atoms with Crippen molar-refractivity contribution in [2.75, 3.05) is 31.6 Å². The molecule has 1 fully saturated rings. The van der Waals surface area contributed by atoms with Crippen molar-refractivity contribution in [1.29, 1.82) is 0 Å². The van der Waals surface area contributed by atoms with Crippen LogP contribution in [-0.4, -0.2) is 55.5 Å². The van der Waals surface area contributed by atoms with E-state index in [-0.39, 0.29) is 18.4 Å². The minimum atomic E-state index is -0.740. The Balaban J connectivity index is 1.60. The lowest BCUT2D eigenvalue weighted by molar-refractivity contribution is -0.139. The highest BCUT2D eigenvalue weighted by Gasteiger charge is 2.36. The number of nitrogens with zero attached hydrogens (tertiary/aromatic N) is 2. The lowest BCUT2D eigenvalue weighted by atomic mass is 10.1. The molecule has 1 saturated heterocycles. The molecule has 0 radical (unpaired) electrons. The molecule has 0 bridgehead atoms. The fourth-order valence-corrected chi connectivity index (χ4v) is 3.90. The molecule has 2 aromatic rings. The number of carbonyl (C=O) groups is 3. The van der Waals surface area contributed by atoms with E-state index in [1.165, 1.54) is 7.11 Å². The number of esters is 1. The molecule has 0 N–H and O–H groups in total. The van der Waals surface area contributed by atoms with Gasteiger partial charge in [0.05, 0.1) is 24.9 Å². The van der Waals surface area contributed by atoms with E-state index in [2.05, 4.69) is 0 Å². The van der Waals surface area contributed by atoms with Crippen molar-refractivity contribution in [2.45, 2.75) is 25.4 Å². The smallest absolute Gasteiger partial charge is 0.337 e. The molecule has 2 aliphatic rings. The van der Waals surface area contributed by atoms with E-state index in [4.69, 9.17) is 9.47 Å². The highest BCUT2D eigenvalue weighted by molar-refractivity contribution is 6.08. The van der Waals surface area contributed by atoms with Crippen LogP contribution in [0.1, 0.15) is 40.0 Å². The van der Waals surface area contributed by atoms with Crippen LogP contribution in [0.3, 0.4) is 0 Å². The van der Waals surface area contributed by atoms with Crippen LogP contribution in [0.25, 0.3) is 0 Å². The molecule has 2 aliphatic heterocycles. The van der Waals surface area contributed by atoms with Gasteiger partial charge in [-0.3, -0.25) is 9.59 Å². The van der Waals surface area contributed by atoms with Crippen LogP contribution < -0.4 is 9.64 Å². The molecule has 156 valence electrons. The molecule has 0 spiro atoms. The third-order valence-corrected chi connectivity index (χ3v) is 5.51. The number of amides is 2. The summed E-state index contributed by atoms with van der Waals surface area (Å²) in [6.45, 7) is 1.59. The second-order valence-electron chi connectivity index (χ2n) is 7.44. The Morgan fingerprint density at radius 1 is 0.933 bits per heavy atom. The molecule has 7 heteroatoms. The van der Waals surface area contributed by atoms with Crippen molar-refractivity contribution in [1.82, 2.24) is 4.90 Å². The number of hydrogen-bond donors (Lipinski definition) is 0. The van der Waals surface area contributed by atoms with E-state index < -0.39 is 12.1 Å². The maximum atomic E-state index is 13.3. The fourth-order valence-electron chi connectivity index (χ4n) is 3.90. The number of hydrogen-bond acceptors (Lipinski definition) is 5. The molecular formula is C23H24N2O5. The number of ether oxygens (including phenoxy) is 2. The van der Waals surface area contributed by atoms with Crippen LogP contribution in [-0.2, 0) is 9.53 Å². The van der Waals surface area contributed by atoms with Crippen LogP contribution >= 0.6 is 0 Å². The minimum Gasteiger partial charge on any atom is -0.476 e. The Bertz CT molecular complexity index is 950. The second kappa shape index (κ2) is 8.57. The second-order valence-corrected chi connectivity index (χ2v) is 7.44. The number of benzene rings is 2. The highest BCUT2D eigenvalue weighted by Crippen LogP contribution is 2.34. The molecule has 0 aromatic heterocycles. The topological polar surface area (TPSA) is 76.2 Å². The van der Waals surface area contributed by atoms with Crippen molar-refractivity contribution in [3.05, 3.63) is 59.7 Å². The van der Waals surface area contributed by atoms with E-state index in [1.54, 1.807) is 41.3 Å². The number of fused-ring (bicyclic) bond motifs is 1. The monoisotopic (exact) mass is 408 g/mol. The van der Waals surface area contributed by atoms with Gasteiger partial charge in [0.25, 0.3) is 11.8 Å². The molecule has 4 rings (SSSR count). The molecule has 30 heavy (non-hydrogen) atoms. The summed E-state index contributed by atoms with van der Waals surface area (Å²) in [5.41, 5.74) is 1.42. The Hall–Kier alpha value is -3.35. The van der Waals surface area contributed by atoms with Gasteiger partial charge in [0.15, 0.2) is 6.10 Å². The summed E-state index contributed by atoms with van der Waals surface area (Å²) in [4.78, 5) is 41.4. The summed E-state index contributed by atoms with van der Waals surface area (Å²) in [6, 6.07) is 13.5. The summed E-state index contributed by atoms with van der Waals surface area (Å²) < 4.78 is 10.7. The third-order valence-electron chi connectivity index (χ3n) is 5.51. The summed E-state index contributed by atoms with van der Waals surface area (Å²) in [6.07, 6.45) is 2.37. The van der Waals surface area contributed by atoms with Gasteiger partial charge in [-0.1, -0.05) is 12.1 Å². The first-order chi connectivity index (χ1) is 14.6. The van der Waals surface area contributed by atoms with Crippen molar-refractivity contribution in [2.24, 2.45) is 0 Å². The van der Waals surface area contributed by atoms with Crippen LogP contribution in [0.15, 0.2) is 48.5 Å². The molecule has 0 saturated carbocycles. The first kappa shape index (κ1) is 19.9. The van der Waals surface area contributed by atoms with Gasteiger partial charge in [0, 0.05) is 18.7 Å². The van der Waals surface area contributed by atoms with Gasteiger partial charge >= 0.3 is 5.97 Å². The van der Waals surface area contributed by atoms with Gasteiger partial charge in [0.2, 0.25) is 0 Å². The fraction of sp³-hybridized carbons (Fsp3) is 0.348. The zero-order chi connectivity index (χ0) is 21.1. The van der Waals surface area contributed by atoms with Gasteiger partial charge in [-0.15, -0.1) is 0 Å². The highest BCUT2D eigenvalue weighted by atomic mass is 16.5. The van der Waals surface area contributed by atoms with Crippen molar-refractivity contribution >= 4 is 23.5 Å². The molecule has 2 amide bonds. The zero-order valence-corrected chi connectivity index (χ0v) is 16.9. The summed E-state index contributed by atoms with van der Waals surface area (Å²) >= 11 is 0. The lowest BCUT2D eigenvalue weighted by Gasteiger charge is -2.37. The minimum absolute atomic E-state index is 0.0805. The Morgan fingerprint density at radius 3 is 2.30 bits per heavy atom. The number of methoxy groups -OCH3 is 1. The Labute approximate surface area is 175 Å². The Kier molecular flexibility index (Phi) is 5.70. The van der Waals surface area contributed by atoms with E-state index in [0.29, 0.717) is 22.6 Å². The van der Waals surface area contributed by atoms with Gasteiger partial charge in [-0.2, -0.15) is 0 Å². The number of rotatable bonds is 3. The number of likely N-dealkylation sites (tertiary alicyclic amines) is 1.